The zero-order chi connectivity index (χ0) is 15.4. The predicted octanol–water partition coefficient (Wildman–Crippen LogP) is 0.897. The Hall–Kier alpha value is -2.16. The highest BCUT2D eigenvalue weighted by molar-refractivity contribution is 9.10. The number of rotatable bonds is 6. The molecule has 0 fully saturated rings. The van der Waals surface area contributed by atoms with Crippen LogP contribution in [0.3, 0.4) is 0 Å². The third kappa shape index (κ3) is 3.91. The quantitative estimate of drug-likeness (QED) is 0.749. The molecular weight excluding hydrogens is 342 g/mol. The number of aromatic carboxylic acids is 1. The Balaban J connectivity index is 1.86. The van der Waals surface area contributed by atoms with E-state index in [9.17, 15) is 9.59 Å². The number of carbonyl (C=O) groups is 2. The highest BCUT2D eigenvalue weighted by Gasteiger charge is 2.20. The van der Waals surface area contributed by atoms with Crippen molar-refractivity contribution < 1.29 is 14.7 Å². The zero-order valence-electron chi connectivity index (χ0n) is 11.3. The van der Waals surface area contributed by atoms with E-state index in [0.717, 1.165) is 4.47 Å². The summed E-state index contributed by atoms with van der Waals surface area (Å²) in [6.45, 7) is 1.06. The number of carbonyl (C=O) groups excluding carboxylic acids is 1. The fraction of sp³-hybridized carbons (Fsp3) is 0.333. The number of aryl methyl sites for hydroxylation is 2. The molecule has 0 atom stereocenters. The smallest absolute Gasteiger partial charge is 0.339 e. The zero-order valence-corrected chi connectivity index (χ0v) is 12.9. The molecule has 0 aliphatic carbocycles. The Morgan fingerprint density at radius 1 is 1.43 bits per heavy atom. The van der Waals surface area contributed by atoms with Gasteiger partial charge in [0.25, 0.3) is 5.91 Å². The highest BCUT2D eigenvalue weighted by Crippen LogP contribution is 2.07. The lowest BCUT2D eigenvalue weighted by Gasteiger charge is -2.04. The highest BCUT2D eigenvalue weighted by atomic mass is 79.9. The van der Waals surface area contributed by atoms with Gasteiger partial charge in [-0.2, -0.15) is 10.2 Å². The van der Waals surface area contributed by atoms with E-state index in [1.54, 1.807) is 17.9 Å². The summed E-state index contributed by atoms with van der Waals surface area (Å²) in [7, 11) is 1.57. The molecule has 2 heterocycles. The molecule has 0 aromatic carbocycles. The molecule has 2 aromatic heterocycles. The number of carboxylic acid groups (broad SMARTS) is 1. The monoisotopic (exact) mass is 355 g/mol. The number of carboxylic acids is 1. The molecule has 1 amide bonds. The van der Waals surface area contributed by atoms with E-state index in [1.807, 2.05) is 6.20 Å². The van der Waals surface area contributed by atoms with E-state index in [1.165, 1.54) is 10.9 Å². The van der Waals surface area contributed by atoms with Crippen LogP contribution in [0.1, 0.15) is 27.3 Å². The minimum atomic E-state index is -1.17. The van der Waals surface area contributed by atoms with Crippen molar-refractivity contribution in [3.8, 4) is 0 Å². The van der Waals surface area contributed by atoms with Crippen molar-refractivity contribution in [2.75, 3.05) is 6.54 Å². The number of halogens is 1. The summed E-state index contributed by atoms with van der Waals surface area (Å²) in [5, 5.41) is 19.6. The van der Waals surface area contributed by atoms with Gasteiger partial charge in [0.05, 0.1) is 10.7 Å². The topological polar surface area (TPSA) is 102 Å². The number of amides is 1. The number of nitrogens with one attached hydrogen (secondary N) is 1. The lowest BCUT2D eigenvalue weighted by atomic mass is 10.2. The first-order chi connectivity index (χ1) is 9.97. The van der Waals surface area contributed by atoms with Crippen molar-refractivity contribution in [3.63, 3.8) is 0 Å². The predicted molar refractivity (Wildman–Crippen MR) is 77.0 cm³/mol. The van der Waals surface area contributed by atoms with E-state index in [-0.39, 0.29) is 11.3 Å². The molecule has 9 heteroatoms. The van der Waals surface area contributed by atoms with Gasteiger partial charge >= 0.3 is 5.97 Å². The molecular formula is C12H14BrN5O3. The number of aromatic nitrogens is 4. The van der Waals surface area contributed by atoms with E-state index < -0.39 is 11.9 Å². The van der Waals surface area contributed by atoms with Gasteiger partial charge in [0.2, 0.25) is 0 Å². The van der Waals surface area contributed by atoms with Gasteiger partial charge in [-0.1, -0.05) is 0 Å². The molecule has 21 heavy (non-hydrogen) atoms. The maximum atomic E-state index is 11.9. The molecule has 0 saturated heterocycles. The molecule has 0 aliphatic heterocycles. The molecule has 0 saturated carbocycles. The van der Waals surface area contributed by atoms with Crippen LogP contribution in [-0.4, -0.2) is 43.1 Å². The van der Waals surface area contributed by atoms with Gasteiger partial charge < -0.3 is 10.4 Å². The van der Waals surface area contributed by atoms with E-state index in [2.05, 4.69) is 31.4 Å². The summed E-state index contributed by atoms with van der Waals surface area (Å²) in [4.78, 5) is 22.9. The van der Waals surface area contributed by atoms with Crippen LogP contribution < -0.4 is 5.32 Å². The van der Waals surface area contributed by atoms with E-state index >= 15 is 0 Å². The van der Waals surface area contributed by atoms with Gasteiger partial charge in [0.15, 0.2) is 5.69 Å². The van der Waals surface area contributed by atoms with E-state index in [4.69, 9.17) is 5.11 Å². The molecule has 112 valence electrons. The van der Waals surface area contributed by atoms with Crippen LogP contribution in [0.25, 0.3) is 0 Å². The van der Waals surface area contributed by atoms with Crippen molar-refractivity contribution >= 4 is 27.8 Å². The lowest BCUT2D eigenvalue weighted by Crippen LogP contribution is -2.27. The first-order valence-electron chi connectivity index (χ1n) is 6.20. The molecule has 0 spiro atoms. The largest absolute Gasteiger partial charge is 0.478 e. The lowest BCUT2D eigenvalue weighted by molar-refractivity contribution is 0.0691. The first-order valence-corrected chi connectivity index (χ1v) is 7.00. The fourth-order valence-electron chi connectivity index (χ4n) is 1.80. The van der Waals surface area contributed by atoms with Crippen LogP contribution >= 0.6 is 15.9 Å². The number of hydrogen-bond donors (Lipinski definition) is 2. The Labute approximate surface area is 128 Å². The van der Waals surface area contributed by atoms with Crippen molar-refractivity contribution in [1.29, 1.82) is 0 Å². The second-order valence-electron chi connectivity index (χ2n) is 4.40. The maximum Gasteiger partial charge on any atom is 0.339 e. The molecule has 2 rings (SSSR count). The summed E-state index contributed by atoms with van der Waals surface area (Å²) < 4.78 is 3.95. The molecule has 0 bridgehead atoms. The first kappa shape index (κ1) is 15.2. The van der Waals surface area contributed by atoms with Crippen LogP contribution in [0, 0.1) is 0 Å². The van der Waals surface area contributed by atoms with Crippen molar-refractivity contribution in [2.24, 2.45) is 7.05 Å². The molecule has 8 nitrogen and oxygen atoms in total. The second kappa shape index (κ2) is 6.53. The number of hydrogen-bond acceptors (Lipinski definition) is 4. The fourth-order valence-corrected chi connectivity index (χ4v) is 2.13. The van der Waals surface area contributed by atoms with Crippen LogP contribution in [0.2, 0.25) is 0 Å². The van der Waals surface area contributed by atoms with Crippen LogP contribution in [-0.2, 0) is 13.6 Å². The SMILES string of the molecule is Cn1cc(C(=O)O)c(C(=O)NCCCn2cc(Br)cn2)n1. The summed E-state index contributed by atoms with van der Waals surface area (Å²) in [5.41, 5.74) is -0.183. The van der Waals surface area contributed by atoms with Gasteiger partial charge in [0.1, 0.15) is 5.56 Å². The minimum absolute atomic E-state index is 0.0770. The Bertz CT molecular complexity index is 664. The third-order valence-electron chi connectivity index (χ3n) is 2.73. The minimum Gasteiger partial charge on any atom is -0.478 e. The van der Waals surface area contributed by atoms with Gasteiger partial charge in [-0.25, -0.2) is 4.79 Å². The summed E-state index contributed by atoms with van der Waals surface area (Å²) >= 11 is 3.30. The Kier molecular flexibility index (Phi) is 4.73. The normalized spacial score (nSPS) is 10.6. The standard InChI is InChI=1S/C12H14BrN5O3/c1-17-7-9(12(20)21)10(16-17)11(19)14-3-2-4-18-6-8(13)5-15-18/h5-7H,2-4H2,1H3,(H,14,19)(H,20,21). The maximum absolute atomic E-state index is 11.9. The Morgan fingerprint density at radius 2 is 2.19 bits per heavy atom. The van der Waals surface area contributed by atoms with Crippen molar-refractivity contribution in [2.45, 2.75) is 13.0 Å². The molecule has 2 aromatic rings. The summed E-state index contributed by atoms with van der Waals surface area (Å²) in [6, 6.07) is 0. The third-order valence-corrected chi connectivity index (χ3v) is 3.14. The van der Waals surface area contributed by atoms with Gasteiger partial charge in [-0.3, -0.25) is 14.2 Å². The van der Waals surface area contributed by atoms with Crippen LogP contribution in [0.5, 0.6) is 0 Å². The molecule has 0 radical (unpaired) electrons. The Morgan fingerprint density at radius 3 is 2.81 bits per heavy atom. The van der Waals surface area contributed by atoms with Gasteiger partial charge in [-0.15, -0.1) is 0 Å². The molecule has 2 N–H and O–H groups in total. The van der Waals surface area contributed by atoms with Crippen molar-refractivity contribution in [3.05, 3.63) is 34.3 Å². The van der Waals surface area contributed by atoms with Crippen molar-refractivity contribution in [1.82, 2.24) is 24.9 Å². The molecule has 0 unspecified atom stereocenters. The summed E-state index contributed by atoms with van der Waals surface area (Å²) in [6.07, 6.45) is 5.50. The average Bonchev–Trinajstić information content (AvgIpc) is 3.00. The van der Waals surface area contributed by atoms with Gasteiger partial charge in [-0.05, 0) is 22.4 Å². The summed E-state index contributed by atoms with van der Waals surface area (Å²) in [5.74, 6) is -1.66. The number of nitrogens with zero attached hydrogens (tertiary/aromatic N) is 4. The molecule has 0 aliphatic rings. The second-order valence-corrected chi connectivity index (χ2v) is 5.32. The average molecular weight is 356 g/mol. The van der Waals surface area contributed by atoms with Crippen LogP contribution in [0.15, 0.2) is 23.1 Å². The van der Waals surface area contributed by atoms with Gasteiger partial charge in [0, 0.05) is 32.5 Å². The van der Waals surface area contributed by atoms with Crippen LogP contribution in [0.4, 0.5) is 0 Å². The van der Waals surface area contributed by atoms with E-state index in [0.29, 0.717) is 19.5 Å².